The zero-order valence-electron chi connectivity index (χ0n) is 25.4. The van der Waals surface area contributed by atoms with Gasteiger partial charge in [-0.05, 0) is 51.0 Å². The molecule has 0 radical (unpaired) electrons. The van der Waals surface area contributed by atoms with Crippen molar-refractivity contribution >= 4 is 29.3 Å². The number of hydrogen-bond donors (Lipinski definition) is 0. The highest BCUT2D eigenvalue weighted by Gasteiger charge is 2.44. The molecule has 0 atom stereocenters. The van der Waals surface area contributed by atoms with Crippen LogP contribution < -0.4 is 9.47 Å². The summed E-state index contributed by atoms with van der Waals surface area (Å²) in [5, 5.41) is 4.03. The van der Waals surface area contributed by atoms with E-state index in [1.807, 2.05) is 0 Å². The van der Waals surface area contributed by atoms with Crippen LogP contribution in [0.1, 0.15) is 44.1 Å². The highest BCUT2D eigenvalue weighted by molar-refractivity contribution is 5.94. The second-order valence-corrected chi connectivity index (χ2v) is 12.1. The number of hydrogen-bond acceptors (Lipinski definition) is 7. The first-order chi connectivity index (χ1) is 22.3. The van der Waals surface area contributed by atoms with Crippen LogP contribution in [-0.4, -0.2) is 105 Å². The minimum absolute atomic E-state index is 0.0298. The van der Waals surface area contributed by atoms with Crippen LogP contribution in [0.2, 0.25) is 0 Å². The van der Waals surface area contributed by atoms with Crippen LogP contribution in [0.5, 0.6) is 11.8 Å². The number of fused-ring (bicyclic) bond motifs is 1. The molecule has 5 rings (SSSR count). The SMILES string of the molecule is Cc1cc(OC(=O)N2CCC(C(F)(F)F)CC2)nc2c1c(OC(=O)N1CCC(C(F)(F)F)CC1)nn2C(=O)N1CCC(C(F)(F)F)CC1. The standard InChI is InChI=1S/C28H31F9N6O5/c1-15-14-19(47-24(45)41-10-4-17(5-11-41)27(32,33)34)38-21-20(15)22(48-25(46)42-12-6-18(7-13-42)28(35,36)37)39-43(21)23(44)40-8-2-16(3-9-40)26(29,30)31/h14,16-18H,2-13H2,1H3. The smallest absolute Gasteiger partial charge is 0.391 e. The van der Waals surface area contributed by atoms with Crippen LogP contribution in [-0.2, 0) is 0 Å². The number of aryl methyl sites for hydroxylation is 1. The Hall–Kier alpha value is -4.00. The van der Waals surface area contributed by atoms with Crippen molar-refractivity contribution in [2.45, 2.75) is 64.0 Å². The molecule has 3 aliphatic heterocycles. The quantitative estimate of drug-likeness (QED) is 0.328. The van der Waals surface area contributed by atoms with Gasteiger partial charge >= 0.3 is 36.7 Å². The van der Waals surface area contributed by atoms with Gasteiger partial charge in [-0.2, -0.15) is 49.2 Å². The van der Waals surface area contributed by atoms with Crippen molar-refractivity contribution in [1.29, 1.82) is 0 Å². The van der Waals surface area contributed by atoms with E-state index in [9.17, 15) is 53.9 Å². The van der Waals surface area contributed by atoms with Gasteiger partial charge in [0.2, 0.25) is 5.88 Å². The van der Waals surface area contributed by atoms with Crippen LogP contribution in [0.15, 0.2) is 6.07 Å². The van der Waals surface area contributed by atoms with Gasteiger partial charge in [-0.1, -0.05) is 0 Å². The van der Waals surface area contributed by atoms with E-state index in [1.54, 1.807) is 0 Å². The maximum absolute atomic E-state index is 13.5. The van der Waals surface area contributed by atoms with E-state index in [1.165, 1.54) is 13.0 Å². The summed E-state index contributed by atoms with van der Waals surface area (Å²) in [5.74, 6) is -5.65. The molecular formula is C28H31F9N6O5. The number of rotatable bonds is 2. The van der Waals surface area contributed by atoms with Crippen LogP contribution in [0, 0.1) is 24.7 Å². The molecule has 3 fully saturated rings. The fraction of sp³-hybridized carbons (Fsp3) is 0.679. The number of carbonyl (C=O) groups is 3. The van der Waals surface area contributed by atoms with Gasteiger partial charge < -0.3 is 24.2 Å². The number of likely N-dealkylation sites (tertiary alicyclic amines) is 3. The lowest BCUT2D eigenvalue weighted by Gasteiger charge is -2.32. The predicted molar refractivity (Wildman–Crippen MR) is 146 cm³/mol. The third-order valence-corrected chi connectivity index (χ3v) is 9.00. The number of amides is 3. The van der Waals surface area contributed by atoms with E-state index < -0.39 is 60.4 Å². The summed E-state index contributed by atoms with van der Waals surface area (Å²) in [6.07, 6.45) is -17.5. The van der Waals surface area contributed by atoms with Crippen LogP contribution in [0.4, 0.5) is 53.9 Å². The Bertz CT molecular complexity index is 1520. The van der Waals surface area contributed by atoms with Gasteiger partial charge in [0.05, 0.1) is 23.1 Å². The highest BCUT2D eigenvalue weighted by Crippen LogP contribution is 2.38. The Kier molecular flexibility index (Phi) is 9.66. The first-order valence-corrected chi connectivity index (χ1v) is 15.2. The molecule has 266 valence electrons. The molecule has 0 aliphatic carbocycles. The molecule has 2 aromatic heterocycles. The molecule has 0 spiro atoms. The normalized spacial score (nSPS) is 19.6. The van der Waals surface area contributed by atoms with Crippen LogP contribution >= 0.6 is 0 Å². The molecule has 48 heavy (non-hydrogen) atoms. The fourth-order valence-electron chi connectivity index (χ4n) is 6.10. The lowest BCUT2D eigenvalue weighted by molar-refractivity contribution is -0.184. The lowest BCUT2D eigenvalue weighted by Crippen LogP contribution is -2.44. The Morgan fingerprint density at radius 2 is 1.06 bits per heavy atom. The average molecular weight is 703 g/mol. The zero-order valence-corrected chi connectivity index (χ0v) is 25.4. The van der Waals surface area contributed by atoms with Crippen molar-refractivity contribution in [3.05, 3.63) is 11.6 Å². The molecule has 0 saturated carbocycles. The second-order valence-electron chi connectivity index (χ2n) is 12.1. The van der Waals surface area contributed by atoms with Gasteiger partial charge in [0, 0.05) is 45.3 Å². The maximum Gasteiger partial charge on any atom is 0.416 e. The van der Waals surface area contributed by atoms with Gasteiger partial charge in [0.15, 0.2) is 5.65 Å². The van der Waals surface area contributed by atoms with Gasteiger partial charge in [0.25, 0.3) is 5.88 Å². The number of nitrogens with zero attached hydrogens (tertiary/aromatic N) is 6. The third kappa shape index (κ3) is 7.66. The zero-order chi connectivity index (χ0) is 35.2. The van der Waals surface area contributed by atoms with E-state index >= 15 is 0 Å². The summed E-state index contributed by atoms with van der Waals surface area (Å²) in [7, 11) is 0. The third-order valence-electron chi connectivity index (χ3n) is 9.00. The van der Waals surface area contributed by atoms with E-state index in [2.05, 4.69) is 10.1 Å². The Morgan fingerprint density at radius 1 is 0.667 bits per heavy atom. The van der Waals surface area contributed by atoms with E-state index in [4.69, 9.17) is 9.47 Å². The monoisotopic (exact) mass is 702 g/mol. The average Bonchev–Trinajstić information content (AvgIpc) is 3.37. The Labute approximate surface area is 266 Å². The van der Waals surface area contributed by atoms with Crippen molar-refractivity contribution in [1.82, 2.24) is 29.5 Å². The summed E-state index contributed by atoms with van der Waals surface area (Å²) < 4.78 is 130. The van der Waals surface area contributed by atoms with Gasteiger partial charge in [-0.25, -0.2) is 14.4 Å². The first kappa shape index (κ1) is 35.3. The number of ether oxygens (including phenoxy) is 2. The minimum Gasteiger partial charge on any atom is -0.391 e. The second kappa shape index (κ2) is 13.1. The Balaban J connectivity index is 1.39. The van der Waals surface area contributed by atoms with Crippen molar-refractivity contribution < 1.29 is 63.4 Å². The molecule has 3 saturated heterocycles. The summed E-state index contributed by atoms with van der Waals surface area (Å²) in [5.41, 5.74) is -0.109. The molecule has 3 amide bonds. The lowest BCUT2D eigenvalue weighted by atomic mass is 9.96. The topological polar surface area (TPSA) is 110 Å². The Morgan fingerprint density at radius 3 is 1.48 bits per heavy atom. The van der Waals surface area contributed by atoms with Crippen molar-refractivity contribution in [3.8, 4) is 11.8 Å². The van der Waals surface area contributed by atoms with Gasteiger partial charge in [-0.15, -0.1) is 5.10 Å². The van der Waals surface area contributed by atoms with Crippen LogP contribution in [0.25, 0.3) is 11.0 Å². The molecule has 0 unspecified atom stereocenters. The number of alkyl halides is 9. The van der Waals surface area contributed by atoms with Gasteiger partial charge in [0.1, 0.15) is 0 Å². The number of carbonyl (C=O) groups excluding carboxylic acids is 3. The number of aromatic nitrogens is 3. The molecule has 20 heteroatoms. The van der Waals surface area contributed by atoms with Crippen molar-refractivity contribution in [2.24, 2.45) is 17.8 Å². The summed E-state index contributed by atoms with van der Waals surface area (Å²) in [6, 6.07) is 0.290. The van der Waals surface area contributed by atoms with Crippen LogP contribution in [0.3, 0.4) is 0 Å². The predicted octanol–water partition coefficient (Wildman–Crippen LogP) is 6.53. The van der Waals surface area contributed by atoms with E-state index in [-0.39, 0.29) is 100 Å². The number of piperidine rings is 3. The molecule has 0 N–H and O–H groups in total. The molecule has 2 aromatic rings. The molecule has 0 bridgehead atoms. The molecule has 11 nitrogen and oxygen atoms in total. The van der Waals surface area contributed by atoms with E-state index in [0.717, 1.165) is 14.7 Å². The number of pyridine rings is 1. The fourth-order valence-corrected chi connectivity index (χ4v) is 6.10. The van der Waals surface area contributed by atoms with Gasteiger partial charge in [-0.3, -0.25) is 0 Å². The minimum atomic E-state index is -4.46. The van der Waals surface area contributed by atoms with E-state index in [0.29, 0.717) is 4.68 Å². The highest BCUT2D eigenvalue weighted by atomic mass is 19.4. The first-order valence-electron chi connectivity index (χ1n) is 15.2. The molecule has 5 heterocycles. The van der Waals surface area contributed by atoms with Crippen molar-refractivity contribution in [3.63, 3.8) is 0 Å². The molecular weight excluding hydrogens is 671 g/mol. The summed E-state index contributed by atoms with van der Waals surface area (Å²) in [4.78, 5) is 46.7. The summed E-state index contributed by atoms with van der Waals surface area (Å²) >= 11 is 0. The summed E-state index contributed by atoms with van der Waals surface area (Å²) in [6.45, 7) is -0.166. The largest absolute Gasteiger partial charge is 0.416 e. The molecule has 0 aromatic carbocycles. The van der Waals surface area contributed by atoms with Crippen molar-refractivity contribution in [2.75, 3.05) is 39.3 Å². The number of halogens is 9. The maximum atomic E-state index is 13.5. The molecule has 3 aliphatic rings.